The summed E-state index contributed by atoms with van der Waals surface area (Å²) in [6.45, 7) is 2.14. The molecule has 0 amide bonds. The minimum absolute atomic E-state index is 1.19. The molecule has 0 radical (unpaired) electrons. The van der Waals surface area contributed by atoms with Gasteiger partial charge in [-0.2, -0.15) is 0 Å². The Balaban J connectivity index is 2.07. The summed E-state index contributed by atoms with van der Waals surface area (Å²) in [4.78, 5) is 3.59. The van der Waals surface area contributed by atoms with Gasteiger partial charge < -0.3 is 4.90 Å². The topological polar surface area (TPSA) is 3.24 Å². The van der Waals surface area contributed by atoms with Gasteiger partial charge in [-0.3, -0.25) is 0 Å². The van der Waals surface area contributed by atoms with Crippen molar-refractivity contribution in [3.05, 3.63) is 71.6 Å². The standard InChI is InChI=1S/C18H17NS2/c1-14-12-18(21-13-14)19(15-6-4-3-5-7-15)16-8-10-17(20-2)11-9-16/h3-13H,1-2H3. The summed E-state index contributed by atoms with van der Waals surface area (Å²) in [7, 11) is 0. The third-order valence-electron chi connectivity index (χ3n) is 3.28. The normalized spacial score (nSPS) is 10.6. The number of hydrogen-bond donors (Lipinski definition) is 0. The van der Waals surface area contributed by atoms with E-state index in [0.29, 0.717) is 0 Å². The lowest BCUT2D eigenvalue weighted by molar-refractivity contribution is 1.29. The van der Waals surface area contributed by atoms with Crippen molar-refractivity contribution in [2.75, 3.05) is 11.2 Å². The highest BCUT2D eigenvalue weighted by Gasteiger charge is 2.13. The largest absolute Gasteiger partial charge is 0.302 e. The fraction of sp³-hybridized carbons (Fsp3) is 0.111. The fourth-order valence-electron chi connectivity index (χ4n) is 2.25. The molecule has 1 nitrogen and oxygen atoms in total. The number of nitrogens with zero attached hydrogens (tertiary/aromatic N) is 1. The summed E-state index contributed by atoms with van der Waals surface area (Å²) < 4.78 is 0. The van der Waals surface area contributed by atoms with Gasteiger partial charge in [0.25, 0.3) is 0 Å². The highest BCUT2D eigenvalue weighted by molar-refractivity contribution is 7.98. The molecule has 0 saturated heterocycles. The number of benzene rings is 2. The zero-order valence-electron chi connectivity index (χ0n) is 12.1. The van der Waals surface area contributed by atoms with E-state index in [1.807, 2.05) is 0 Å². The molecule has 0 aliphatic rings. The van der Waals surface area contributed by atoms with Crippen LogP contribution in [0.3, 0.4) is 0 Å². The van der Waals surface area contributed by atoms with Crippen LogP contribution in [0.25, 0.3) is 0 Å². The maximum absolute atomic E-state index is 2.31. The molecule has 106 valence electrons. The first-order valence-electron chi connectivity index (χ1n) is 6.82. The Morgan fingerprint density at radius 2 is 1.57 bits per heavy atom. The van der Waals surface area contributed by atoms with Crippen molar-refractivity contribution < 1.29 is 0 Å². The molecule has 1 aromatic heterocycles. The first kappa shape index (κ1) is 14.2. The molecule has 0 unspecified atom stereocenters. The zero-order chi connectivity index (χ0) is 14.7. The Morgan fingerprint density at radius 1 is 0.905 bits per heavy atom. The number of thioether (sulfide) groups is 1. The second-order valence-electron chi connectivity index (χ2n) is 4.83. The van der Waals surface area contributed by atoms with Crippen molar-refractivity contribution >= 4 is 39.5 Å². The van der Waals surface area contributed by atoms with E-state index in [9.17, 15) is 0 Å². The van der Waals surface area contributed by atoms with Crippen molar-refractivity contribution in [2.24, 2.45) is 0 Å². The smallest absolute Gasteiger partial charge is 0.100 e. The molecule has 1 heterocycles. The summed E-state index contributed by atoms with van der Waals surface area (Å²) in [5.41, 5.74) is 3.69. The molecule has 0 aliphatic carbocycles. The van der Waals surface area contributed by atoms with Gasteiger partial charge in [0.15, 0.2) is 0 Å². The minimum atomic E-state index is 1.19. The molecular weight excluding hydrogens is 294 g/mol. The molecule has 0 aliphatic heterocycles. The first-order valence-corrected chi connectivity index (χ1v) is 8.93. The van der Waals surface area contributed by atoms with E-state index < -0.39 is 0 Å². The number of thiophene rings is 1. The molecule has 3 heteroatoms. The van der Waals surface area contributed by atoms with Crippen LogP contribution in [-0.4, -0.2) is 6.26 Å². The SMILES string of the molecule is CSc1ccc(N(c2ccccc2)c2cc(C)cs2)cc1. The van der Waals surface area contributed by atoms with Gasteiger partial charge in [-0.05, 0) is 66.6 Å². The molecule has 0 fully saturated rings. The predicted octanol–water partition coefficient (Wildman–Crippen LogP) is 6.25. The lowest BCUT2D eigenvalue weighted by Gasteiger charge is -2.23. The second-order valence-corrected chi connectivity index (χ2v) is 6.60. The highest BCUT2D eigenvalue weighted by atomic mass is 32.2. The van der Waals surface area contributed by atoms with Gasteiger partial charge >= 0.3 is 0 Å². The van der Waals surface area contributed by atoms with Crippen LogP contribution in [0.2, 0.25) is 0 Å². The Kier molecular flexibility index (Phi) is 4.32. The van der Waals surface area contributed by atoms with Crippen molar-refractivity contribution in [1.29, 1.82) is 0 Å². The third-order valence-corrected chi connectivity index (χ3v) is 5.06. The van der Waals surface area contributed by atoms with Gasteiger partial charge in [0.1, 0.15) is 5.00 Å². The van der Waals surface area contributed by atoms with Gasteiger partial charge in [0, 0.05) is 16.3 Å². The Morgan fingerprint density at radius 3 is 2.14 bits per heavy atom. The average molecular weight is 311 g/mol. The summed E-state index contributed by atoms with van der Waals surface area (Å²) in [5.74, 6) is 0. The van der Waals surface area contributed by atoms with Crippen LogP contribution < -0.4 is 4.90 Å². The van der Waals surface area contributed by atoms with Gasteiger partial charge in [0.2, 0.25) is 0 Å². The molecule has 0 bridgehead atoms. The van der Waals surface area contributed by atoms with Crippen LogP contribution >= 0.6 is 23.1 Å². The lowest BCUT2D eigenvalue weighted by atomic mass is 10.2. The van der Waals surface area contributed by atoms with E-state index in [1.165, 1.54) is 26.8 Å². The summed E-state index contributed by atoms with van der Waals surface area (Å²) in [6.07, 6.45) is 2.10. The van der Waals surface area contributed by atoms with E-state index in [4.69, 9.17) is 0 Å². The second kappa shape index (κ2) is 6.37. The van der Waals surface area contributed by atoms with Crippen LogP contribution in [0.4, 0.5) is 16.4 Å². The minimum Gasteiger partial charge on any atom is -0.302 e. The van der Waals surface area contributed by atoms with E-state index in [2.05, 4.69) is 84.1 Å². The first-order chi connectivity index (χ1) is 10.3. The van der Waals surface area contributed by atoms with Crippen molar-refractivity contribution in [3.8, 4) is 0 Å². The molecular formula is C18H17NS2. The molecule has 3 aromatic rings. The van der Waals surface area contributed by atoms with Crippen molar-refractivity contribution in [1.82, 2.24) is 0 Å². The zero-order valence-corrected chi connectivity index (χ0v) is 13.7. The van der Waals surface area contributed by atoms with Crippen LogP contribution in [-0.2, 0) is 0 Å². The maximum Gasteiger partial charge on any atom is 0.100 e. The maximum atomic E-state index is 2.31. The average Bonchev–Trinajstić information content (AvgIpc) is 2.95. The predicted molar refractivity (Wildman–Crippen MR) is 95.5 cm³/mol. The van der Waals surface area contributed by atoms with Gasteiger partial charge in [0.05, 0.1) is 0 Å². The van der Waals surface area contributed by atoms with E-state index in [1.54, 1.807) is 23.1 Å². The highest BCUT2D eigenvalue weighted by Crippen LogP contribution is 2.38. The molecule has 0 saturated carbocycles. The molecule has 0 spiro atoms. The third kappa shape index (κ3) is 3.14. The number of para-hydroxylation sites is 1. The molecule has 3 rings (SSSR count). The Bertz CT molecular complexity index is 702. The number of aryl methyl sites for hydroxylation is 1. The van der Waals surface area contributed by atoms with E-state index >= 15 is 0 Å². The van der Waals surface area contributed by atoms with Crippen LogP contribution in [0.1, 0.15) is 5.56 Å². The number of rotatable bonds is 4. The summed E-state index contributed by atoms with van der Waals surface area (Å²) in [6, 6.07) is 21.5. The molecule has 21 heavy (non-hydrogen) atoms. The molecule has 2 aromatic carbocycles. The summed E-state index contributed by atoms with van der Waals surface area (Å²) >= 11 is 3.55. The van der Waals surface area contributed by atoms with Gasteiger partial charge in [-0.1, -0.05) is 18.2 Å². The fourth-order valence-corrected chi connectivity index (χ4v) is 3.60. The Labute approximate surface area is 134 Å². The quantitative estimate of drug-likeness (QED) is 0.524. The summed E-state index contributed by atoms with van der Waals surface area (Å²) in [5, 5.41) is 3.44. The van der Waals surface area contributed by atoms with Gasteiger partial charge in [-0.15, -0.1) is 23.1 Å². The van der Waals surface area contributed by atoms with Gasteiger partial charge in [-0.25, -0.2) is 0 Å². The van der Waals surface area contributed by atoms with E-state index in [0.717, 1.165) is 0 Å². The molecule has 0 N–H and O–H groups in total. The van der Waals surface area contributed by atoms with Crippen molar-refractivity contribution in [2.45, 2.75) is 11.8 Å². The molecule has 0 atom stereocenters. The van der Waals surface area contributed by atoms with Crippen molar-refractivity contribution in [3.63, 3.8) is 0 Å². The van der Waals surface area contributed by atoms with Crippen LogP contribution in [0.15, 0.2) is 70.9 Å². The monoisotopic (exact) mass is 311 g/mol. The number of hydrogen-bond acceptors (Lipinski definition) is 3. The lowest BCUT2D eigenvalue weighted by Crippen LogP contribution is -2.07. The Hall–Kier alpha value is -1.71. The number of anilines is 3. The van der Waals surface area contributed by atoms with Crippen LogP contribution in [0.5, 0.6) is 0 Å². The van der Waals surface area contributed by atoms with Crippen LogP contribution in [0, 0.1) is 6.92 Å². The van der Waals surface area contributed by atoms with E-state index in [-0.39, 0.29) is 0 Å².